The number of sulfone groups is 1. The summed E-state index contributed by atoms with van der Waals surface area (Å²) < 4.78 is 23.0. The zero-order valence-electron chi connectivity index (χ0n) is 11.9. The first-order chi connectivity index (χ1) is 9.95. The van der Waals surface area contributed by atoms with E-state index in [9.17, 15) is 8.42 Å². The molecule has 2 aromatic carbocycles. The van der Waals surface area contributed by atoms with Crippen molar-refractivity contribution in [3.63, 3.8) is 0 Å². The molecule has 0 saturated heterocycles. The first kappa shape index (κ1) is 13.9. The summed E-state index contributed by atoms with van der Waals surface area (Å²) in [6, 6.07) is 13.1. The number of nitrogens with zero attached hydrogens (tertiary/aromatic N) is 1. The molecule has 1 aliphatic rings. The highest BCUT2D eigenvalue weighted by molar-refractivity contribution is 7.90. The highest BCUT2D eigenvalue weighted by atomic mass is 32.2. The topological polar surface area (TPSA) is 63.4 Å². The summed E-state index contributed by atoms with van der Waals surface area (Å²) in [6.45, 7) is 1.68. The summed E-state index contributed by atoms with van der Waals surface area (Å²) in [5.41, 5.74) is 10.4. The molecule has 0 radical (unpaired) electrons. The van der Waals surface area contributed by atoms with Crippen LogP contribution in [0.25, 0.3) is 0 Å². The number of nitrogens with two attached hydrogens (primary N) is 1. The molecule has 0 aromatic heterocycles. The molecule has 0 fully saturated rings. The molecule has 21 heavy (non-hydrogen) atoms. The van der Waals surface area contributed by atoms with Gasteiger partial charge in [0.25, 0.3) is 0 Å². The second-order valence-electron chi connectivity index (χ2n) is 5.42. The van der Waals surface area contributed by atoms with E-state index < -0.39 is 9.84 Å². The normalized spacial score (nSPS) is 14.8. The van der Waals surface area contributed by atoms with Crippen LogP contribution in [0.2, 0.25) is 0 Å². The molecule has 5 heteroatoms. The van der Waals surface area contributed by atoms with Crippen LogP contribution in [0.4, 0.5) is 11.4 Å². The Morgan fingerprint density at radius 3 is 2.48 bits per heavy atom. The van der Waals surface area contributed by atoms with E-state index in [4.69, 9.17) is 5.73 Å². The van der Waals surface area contributed by atoms with Crippen molar-refractivity contribution in [2.24, 2.45) is 0 Å². The van der Waals surface area contributed by atoms with Crippen molar-refractivity contribution in [1.82, 2.24) is 0 Å². The van der Waals surface area contributed by atoms with Gasteiger partial charge in [0.15, 0.2) is 9.84 Å². The van der Waals surface area contributed by atoms with Gasteiger partial charge in [-0.1, -0.05) is 12.1 Å². The van der Waals surface area contributed by atoms with Crippen LogP contribution >= 0.6 is 0 Å². The smallest absolute Gasteiger partial charge is 0.175 e. The average Bonchev–Trinajstić information content (AvgIpc) is 2.47. The summed E-state index contributed by atoms with van der Waals surface area (Å²) in [4.78, 5) is 2.58. The fraction of sp³-hybridized carbons (Fsp3) is 0.250. The summed E-state index contributed by atoms with van der Waals surface area (Å²) in [5, 5.41) is 0. The standard InChI is InChI=1S/C16H18N2O2S/c1-21(19,20)14-7-5-13(6-8-14)18-10-9-12-3-2-4-16(17)15(12)11-18/h2-8H,9-11,17H2,1H3. The minimum Gasteiger partial charge on any atom is -0.398 e. The molecule has 1 heterocycles. The molecule has 110 valence electrons. The Labute approximate surface area is 125 Å². The SMILES string of the molecule is CS(=O)(=O)c1ccc(N2CCc3cccc(N)c3C2)cc1. The lowest BCUT2D eigenvalue weighted by Gasteiger charge is -2.31. The molecular formula is C16H18N2O2S. The van der Waals surface area contributed by atoms with Gasteiger partial charge in [-0.05, 0) is 47.9 Å². The first-order valence-corrected chi connectivity index (χ1v) is 8.75. The fourth-order valence-electron chi connectivity index (χ4n) is 2.73. The van der Waals surface area contributed by atoms with Crippen LogP contribution in [0.3, 0.4) is 0 Å². The predicted octanol–water partition coefficient (Wildman–Crippen LogP) is 2.24. The van der Waals surface area contributed by atoms with Crippen molar-refractivity contribution < 1.29 is 8.42 Å². The summed E-state index contributed by atoms with van der Waals surface area (Å²) in [6.07, 6.45) is 2.17. The Kier molecular flexibility index (Phi) is 3.37. The monoisotopic (exact) mass is 302 g/mol. The minimum absolute atomic E-state index is 0.350. The number of rotatable bonds is 2. The minimum atomic E-state index is -3.14. The predicted molar refractivity (Wildman–Crippen MR) is 85.2 cm³/mol. The van der Waals surface area contributed by atoms with Gasteiger partial charge < -0.3 is 10.6 Å². The molecule has 0 bridgehead atoms. The quantitative estimate of drug-likeness (QED) is 0.864. The maximum absolute atomic E-state index is 11.5. The number of hydrogen-bond acceptors (Lipinski definition) is 4. The van der Waals surface area contributed by atoms with Crippen molar-refractivity contribution in [1.29, 1.82) is 0 Å². The molecule has 2 aromatic rings. The largest absolute Gasteiger partial charge is 0.398 e. The molecule has 0 saturated carbocycles. The van der Waals surface area contributed by atoms with Gasteiger partial charge in [0.05, 0.1) is 4.90 Å². The Bertz CT molecular complexity index is 767. The van der Waals surface area contributed by atoms with Gasteiger partial charge in [-0.3, -0.25) is 0 Å². The van der Waals surface area contributed by atoms with Gasteiger partial charge in [0, 0.05) is 30.7 Å². The fourth-order valence-corrected chi connectivity index (χ4v) is 3.36. The Morgan fingerprint density at radius 2 is 1.81 bits per heavy atom. The van der Waals surface area contributed by atoms with Crippen LogP contribution in [0.5, 0.6) is 0 Å². The average molecular weight is 302 g/mol. The lowest BCUT2D eigenvalue weighted by Crippen LogP contribution is -2.30. The van der Waals surface area contributed by atoms with Crippen molar-refractivity contribution in [3.05, 3.63) is 53.6 Å². The lowest BCUT2D eigenvalue weighted by atomic mass is 9.98. The highest BCUT2D eigenvalue weighted by Crippen LogP contribution is 2.28. The van der Waals surface area contributed by atoms with Crippen LogP contribution in [-0.4, -0.2) is 21.2 Å². The maximum atomic E-state index is 11.5. The maximum Gasteiger partial charge on any atom is 0.175 e. The first-order valence-electron chi connectivity index (χ1n) is 6.86. The number of nitrogen functional groups attached to an aromatic ring is 1. The summed E-state index contributed by atoms with van der Waals surface area (Å²) in [5.74, 6) is 0. The van der Waals surface area contributed by atoms with Gasteiger partial charge in [0.2, 0.25) is 0 Å². The van der Waals surface area contributed by atoms with Crippen LogP contribution in [0.15, 0.2) is 47.4 Å². The third kappa shape index (κ3) is 2.74. The van der Waals surface area contributed by atoms with Crippen molar-refractivity contribution in [2.75, 3.05) is 23.4 Å². The second-order valence-corrected chi connectivity index (χ2v) is 7.44. The summed E-state index contributed by atoms with van der Waals surface area (Å²) in [7, 11) is -3.14. The van der Waals surface area contributed by atoms with Gasteiger partial charge in [-0.15, -0.1) is 0 Å². The van der Waals surface area contributed by atoms with E-state index in [1.165, 1.54) is 17.4 Å². The van der Waals surface area contributed by atoms with Gasteiger partial charge in [-0.25, -0.2) is 8.42 Å². The Balaban J connectivity index is 1.88. The number of benzene rings is 2. The van der Waals surface area contributed by atoms with E-state index in [0.29, 0.717) is 4.90 Å². The van der Waals surface area contributed by atoms with Crippen molar-refractivity contribution in [3.8, 4) is 0 Å². The van der Waals surface area contributed by atoms with Crippen molar-refractivity contribution >= 4 is 21.2 Å². The molecule has 0 amide bonds. The van der Waals surface area contributed by atoms with Crippen LogP contribution in [-0.2, 0) is 22.8 Å². The summed E-state index contributed by atoms with van der Waals surface area (Å²) >= 11 is 0. The van der Waals surface area contributed by atoms with E-state index in [1.54, 1.807) is 12.1 Å². The molecule has 3 rings (SSSR count). The van der Waals surface area contributed by atoms with E-state index in [0.717, 1.165) is 30.9 Å². The third-order valence-corrected chi connectivity index (χ3v) is 5.07. The van der Waals surface area contributed by atoms with Crippen LogP contribution in [0.1, 0.15) is 11.1 Å². The number of anilines is 2. The Morgan fingerprint density at radius 1 is 1.10 bits per heavy atom. The molecule has 0 aliphatic carbocycles. The molecule has 1 aliphatic heterocycles. The van der Waals surface area contributed by atoms with Crippen LogP contribution in [0, 0.1) is 0 Å². The van der Waals surface area contributed by atoms with Gasteiger partial charge >= 0.3 is 0 Å². The van der Waals surface area contributed by atoms with E-state index in [1.807, 2.05) is 24.3 Å². The zero-order valence-corrected chi connectivity index (χ0v) is 12.7. The molecule has 0 unspecified atom stereocenters. The molecule has 0 atom stereocenters. The zero-order chi connectivity index (χ0) is 15.0. The molecule has 2 N–H and O–H groups in total. The molecule has 4 nitrogen and oxygen atoms in total. The molecular weight excluding hydrogens is 284 g/mol. The van der Waals surface area contributed by atoms with E-state index in [2.05, 4.69) is 11.0 Å². The number of hydrogen-bond donors (Lipinski definition) is 1. The van der Waals surface area contributed by atoms with E-state index in [-0.39, 0.29) is 0 Å². The third-order valence-electron chi connectivity index (χ3n) is 3.94. The van der Waals surface area contributed by atoms with Gasteiger partial charge in [0.1, 0.15) is 0 Å². The van der Waals surface area contributed by atoms with Crippen molar-refractivity contribution in [2.45, 2.75) is 17.9 Å². The van der Waals surface area contributed by atoms with Crippen LogP contribution < -0.4 is 10.6 Å². The number of fused-ring (bicyclic) bond motifs is 1. The van der Waals surface area contributed by atoms with Gasteiger partial charge in [-0.2, -0.15) is 0 Å². The Hall–Kier alpha value is -2.01. The molecule has 0 spiro atoms. The second kappa shape index (κ2) is 5.07. The van der Waals surface area contributed by atoms with E-state index >= 15 is 0 Å². The lowest BCUT2D eigenvalue weighted by molar-refractivity contribution is 0.602. The highest BCUT2D eigenvalue weighted by Gasteiger charge is 2.18.